The molecule has 2 heterocycles. The normalized spacial score (nSPS) is 16.6. The fourth-order valence-electron chi connectivity index (χ4n) is 2.37. The maximum Gasteiger partial charge on any atom is 0.348 e. The number of hydrogen-bond acceptors (Lipinski definition) is 5. The van der Waals surface area contributed by atoms with Crippen molar-refractivity contribution in [3.8, 4) is 11.3 Å². The molecule has 1 saturated heterocycles. The second kappa shape index (κ2) is 5.83. The Morgan fingerprint density at radius 2 is 1.71 bits per heavy atom. The number of ether oxygens (including phenoxy) is 2. The lowest BCUT2D eigenvalue weighted by Gasteiger charge is -2.29. The summed E-state index contributed by atoms with van der Waals surface area (Å²) in [5, 5.41) is 0.630. The quantitative estimate of drug-likeness (QED) is 0.464. The van der Waals surface area contributed by atoms with E-state index in [9.17, 15) is 9.59 Å². The number of rotatable bonds is 2. The molecule has 2 aromatic rings. The second-order valence-electron chi connectivity index (χ2n) is 5.85. The summed E-state index contributed by atoms with van der Waals surface area (Å²) in [4.78, 5) is 23.9. The first-order valence-electron chi connectivity index (χ1n) is 7.30. The molecule has 1 aromatic heterocycles. The van der Waals surface area contributed by atoms with Gasteiger partial charge in [0.1, 0.15) is 17.1 Å². The van der Waals surface area contributed by atoms with Crippen LogP contribution in [0.5, 0.6) is 0 Å². The van der Waals surface area contributed by atoms with Crippen LogP contribution in [-0.4, -0.2) is 17.7 Å². The first-order valence-corrected chi connectivity index (χ1v) is 7.68. The van der Waals surface area contributed by atoms with E-state index in [0.717, 1.165) is 11.1 Å². The minimum Gasteiger partial charge on any atom is -0.457 e. The maximum atomic E-state index is 11.9. The molecule has 24 heavy (non-hydrogen) atoms. The average Bonchev–Trinajstić information content (AvgIpc) is 2.93. The summed E-state index contributed by atoms with van der Waals surface area (Å²) in [6.07, 6.45) is 1.31. The SMILES string of the molecule is Cc1c(Cl)cccc1-c1ccc(C=C2C(=O)OC(C)(C)OC2=O)o1. The zero-order valence-corrected chi connectivity index (χ0v) is 14.1. The molecule has 0 saturated carbocycles. The van der Waals surface area contributed by atoms with Crippen molar-refractivity contribution in [2.45, 2.75) is 26.6 Å². The summed E-state index contributed by atoms with van der Waals surface area (Å²) >= 11 is 6.12. The van der Waals surface area contributed by atoms with Gasteiger partial charge in [-0.3, -0.25) is 0 Å². The number of benzene rings is 1. The van der Waals surface area contributed by atoms with Gasteiger partial charge in [-0.15, -0.1) is 0 Å². The molecule has 0 spiro atoms. The number of hydrogen-bond donors (Lipinski definition) is 0. The molecule has 3 rings (SSSR count). The molecule has 0 unspecified atom stereocenters. The van der Waals surface area contributed by atoms with Crippen molar-refractivity contribution in [3.05, 3.63) is 52.3 Å². The van der Waals surface area contributed by atoms with Crippen molar-refractivity contribution >= 4 is 29.6 Å². The Hall–Kier alpha value is -2.53. The van der Waals surface area contributed by atoms with E-state index in [1.807, 2.05) is 19.1 Å². The van der Waals surface area contributed by atoms with Gasteiger partial charge in [0.2, 0.25) is 0 Å². The highest BCUT2D eigenvalue weighted by atomic mass is 35.5. The van der Waals surface area contributed by atoms with Gasteiger partial charge >= 0.3 is 11.9 Å². The lowest BCUT2D eigenvalue weighted by Crippen LogP contribution is -2.41. The van der Waals surface area contributed by atoms with Gasteiger partial charge in [0.05, 0.1) is 0 Å². The van der Waals surface area contributed by atoms with Gasteiger partial charge in [0.25, 0.3) is 5.79 Å². The molecule has 0 bridgehead atoms. The van der Waals surface area contributed by atoms with Gasteiger partial charge in [-0.05, 0) is 30.7 Å². The summed E-state index contributed by atoms with van der Waals surface area (Å²) in [6.45, 7) is 4.87. The summed E-state index contributed by atoms with van der Waals surface area (Å²) in [6, 6.07) is 8.89. The monoisotopic (exact) mass is 346 g/mol. The highest BCUT2D eigenvalue weighted by molar-refractivity contribution is 6.31. The number of carbonyl (C=O) groups is 2. The van der Waals surface area contributed by atoms with E-state index in [1.54, 1.807) is 18.2 Å². The molecule has 1 aliphatic rings. The number of furan rings is 1. The van der Waals surface area contributed by atoms with Gasteiger partial charge in [-0.1, -0.05) is 23.7 Å². The fourth-order valence-corrected chi connectivity index (χ4v) is 2.54. The molecule has 0 atom stereocenters. The number of cyclic esters (lactones) is 2. The molecule has 0 aliphatic carbocycles. The van der Waals surface area contributed by atoms with Gasteiger partial charge in [-0.25, -0.2) is 9.59 Å². The van der Waals surface area contributed by atoms with Crippen LogP contribution in [0.4, 0.5) is 0 Å². The third kappa shape index (κ3) is 3.08. The third-order valence-corrected chi connectivity index (χ3v) is 3.97. The van der Waals surface area contributed by atoms with Crippen molar-refractivity contribution in [2.24, 2.45) is 0 Å². The first kappa shape index (κ1) is 16.3. The number of esters is 2. The minimum absolute atomic E-state index is 0.210. The molecule has 0 N–H and O–H groups in total. The largest absolute Gasteiger partial charge is 0.457 e. The van der Waals surface area contributed by atoms with Gasteiger partial charge in [-0.2, -0.15) is 0 Å². The van der Waals surface area contributed by atoms with Crippen LogP contribution < -0.4 is 0 Å². The Morgan fingerprint density at radius 3 is 2.38 bits per heavy atom. The number of carbonyl (C=O) groups excluding carboxylic acids is 2. The number of halogens is 1. The third-order valence-electron chi connectivity index (χ3n) is 3.56. The van der Waals surface area contributed by atoms with E-state index in [-0.39, 0.29) is 5.57 Å². The van der Waals surface area contributed by atoms with Gasteiger partial charge in [0.15, 0.2) is 0 Å². The summed E-state index contributed by atoms with van der Waals surface area (Å²) in [5.74, 6) is -1.83. The van der Waals surface area contributed by atoms with E-state index < -0.39 is 17.7 Å². The molecule has 5 nitrogen and oxygen atoms in total. The van der Waals surface area contributed by atoms with E-state index in [2.05, 4.69) is 0 Å². The van der Waals surface area contributed by atoms with Crippen LogP contribution in [0.3, 0.4) is 0 Å². The fraction of sp³-hybridized carbons (Fsp3) is 0.222. The lowest BCUT2D eigenvalue weighted by atomic mass is 10.1. The Bertz CT molecular complexity index is 838. The van der Waals surface area contributed by atoms with Crippen LogP contribution in [0, 0.1) is 6.92 Å². The second-order valence-corrected chi connectivity index (χ2v) is 6.26. The Labute approximate surface area is 143 Å². The van der Waals surface area contributed by atoms with Crippen molar-refractivity contribution in [1.29, 1.82) is 0 Å². The highest BCUT2D eigenvalue weighted by Crippen LogP contribution is 2.31. The van der Waals surface area contributed by atoms with Crippen molar-refractivity contribution in [2.75, 3.05) is 0 Å². The molecule has 1 aromatic carbocycles. The molecule has 1 fully saturated rings. The summed E-state index contributed by atoms with van der Waals surface area (Å²) < 4.78 is 15.8. The average molecular weight is 347 g/mol. The van der Waals surface area contributed by atoms with E-state index >= 15 is 0 Å². The summed E-state index contributed by atoms with van der Waals surface area (Å²) in [5.41, 5.74) is 1.51. The van der Waals surface area contributed by atoms with Crippen molar-refractivity contribution in [3.63, 3.8) is 0 Å². The van der Waals surface area contributed by atoms with Crippen LogP contribution >= 0.6 is 11.6 Å². The van der Waals surface area contributed by atoms with Crippen LogP contribution in [0.2, 0.25) is 5.02 Å². The van der Waals surface area contributed by atoms with E-state index in [1.165, 1.54) is 19.9 Å². The van der Waals surface area contributed by atoms with Crippen LogP contribution in [0.15, 0.2) is 40.3 Å². The molecule has 0 amide bonds. The smallest absolute Gasteiger partial charge is 0.348 e. The Kier molecular flexibility index (Phi) is 3.97. The van der Waals surface area contributed by atoms with Crippen LogP contribution in [0.1, 0.15) is 25.2 Å². The predicted octanol–water partition coefficient (Wildman–Crippen LogP) is 4.13. The van der Waals surface area contributed by atoms with E-state index in [0.29, 0.717) is 16.5 Å². The maximum absolute atomic E-state index is 11.9. The standard InChI is InChI=1S/C18H15ClO5/c1-10-12(5-4-6-14(10)19)15-8-7-11(22-15)9-13-16(20)23-18(2,3)24-17(13)21/h4-9H,1-3H3. The van der Waals surface area contributed by atoms with Crippen LogP contribution in [0.25, 0.3) is 17.4 Å². The van der Waals surface area contributed by atoms with Crippen molar-refractivity contribution in [1.82, 2.24) is 0 Å². The van der Waals surface area contributed by atoms with Crippen LogP contribution in [-0.2, 0) is 19.1 Å². The zero-order valence-electron chi connectivity index (χ0n) is 13.4. The predicted molar refractivity (Wildman–Crippen MR) is 88.1 cm³/mol. The topological polar surface area (TPSA) is 65.7 Å². The molecular formula is C18H15ClO5. The zero-order chi connectivity index (χ0) is 17.5. The molecule has 1 aliphatic heterocycles. The lowest BCUT2D eigenvalue weighted by molar-refractivity contribution is -0.222. The molecular weight excluding hydrogens is 332 g/mol. The first-order chi connectivity index (χ1) is 11.3. The van der Waals surface area contributed by atoms with Crippen molar-refractivity contribution < 1.29 is 23.5 Å². The highest BCUT2D eigenvalue weighted by Gasteiger charge is 2.39. The molecule has 0 radical (unpaired) electrons. The Balaban J connectivity index is 1.93. The molecule has 6 heteroatoms. The Morgan fingerprint density at radius 1 is 1.04 bits per heavy atom. The van der Waals surface area contributed by atoms with Gasteiger partial charge in [0, 0.05) is 30.5 Å². The van der Waals surface area contributed by atoms with Gasteiger partial charge < -0.3 is 13.9 Å². The minimum atomic E-state index is -1.27. The van der Waals surface area contributed by atoms with E-state index in [4.69, 9.17) is 25.5 Å². The summed E-state index contributed by atoms with van der Waals surface area (Å²) in [7, 11) is 0. The molecule has 124 valence electrons.